The van der Waals surface area contributed by atoms with Crippen LogP contribution in [-0.2, 0) is 13.0 Å². The molecule has 1 aliphatic rings. The van der Waals surface area contributed by atoms with Crippen LogP contribution >= 0.6 is 0 Å². The van der Waals surface area contributed by atoms with Gasteiger partial charge in [0.15, 0.2) is 23.2 Å². The number of quaternary nitrogens is 1. The second-order valence-electron chi connectivity index (χ2n) is 13.8. The van der Waals surface area contributed by atoms with E-state index in [0.29, 0.717) is 13.1 Å². The van der Waals surface area contributed by atoms with Crippen molar-refractivity contribution in [3.05, 3.63) is 66.7 Å². The third-order valence-electron chi connectivity index (χ3n) is 7.96. The van der Waals surface area contributed by atoms with Gasteiger partial charge in [-0.3, -0.25) is 9.28 Å². The predicted molar refractivity (Wildman–Crippen MR) is 201 cm³/mol. The fourth-order valence-corrected chi connectivity index (χ4v) is 19.8. The van der Waals surface area contributed by atoms with Crippen molar-refractivity contribution >= 4 is 43.3 Å². The fraction of sp³-hybridized carbons (Fsp3) is 0.588. The summed E-state index contributed by atoms with van der Waals surface area (Å²) in [6, 6.07) is 23.6. The van der Waals surface area contributed by atoms with Crippen molar-refractivity contribution in [1.82, 2.24) is 15.5 Å². The number of anilines is 1. The Morgan fingerprint density at radius 1 is 0.891 bits per heavy atom. The number of benzene rings is 2. The van der Waals surface area contributed by atoms with Crippen LogP contribution < -0.4 is 16.0 Å². The molecule has 260 valence electrons. The third kappa shape index (κ3) is 17.0. The van der Waals surface area contributed by atoms with Gasteiger partial charge in [0, 0.05) is 25.3 Å². The number of likely N-dealkylation sites (N-methyl/N-ethyl adjacent to an activating group) is 2. The number of carbonyl (C=O) groups excluding carboxylic acids is 2. The van der Waals surface area contributed by atoms with E-state index < -0.39 is 25.2 Å². The minimum absolute atomic E-state index is 0. The second-order valence-corrected chi connectivity index (χ2v) is 26.3. The number of nitrogens with zero attached hydrogens (tertiary/aromatic N) is 2. The van der Waals surface area contributed by atoms with Gasteiger partial charge in [-0.1, -0.05) is 68.9 Å². The van der Waals surface area contributed by atoms with E-state index in [4.69, 9.17) is 8.23 Å². The van der Waals surface area contributed by atoms with Crippen molar-refractivity contribution < 1.29 is 22.3 Å². The second kappa shape index (κ2) is 20.1. The minimum atomic E-state index is -2.30. The summed E-state index contributed by atoms with van der Waals surface area (Å²) < 4.78 is 14.5. The van der Waals surface area contributed by atoms with Crippen molar-refractivity contribution in [3.63, 3.8) is 0 Å². The number of urea groups is 1. The summed E-state index contributed by atoms with van der Waals surface area (Å²) >= 11 is 0. The van der Waals surface area contributed by atoms with Crippen LogP contribution in [0, 0.1) is 0 Å². The monoisotopic (exact) mass is 690 g/mol. The SMILES string of the molecule is C.CCNCCN(CCC[Si](C)(C)O[Si](C)(C)O[Si](C)(C)CCC[N+]1(C)CC1NC=O)C(=O)Nc1ccccc1.c1ccccc1. The summed E-state index contributed by atoms with van der Waals surface area (Å²) in [6.07, 6.45) is 3.10. The van der Waals surface area contributed by atoms with Gasteiger partial charge in [-0.2, -0.15) is 0 Å². The highest BCUT2D eigenvalue weighted by Crippen LogP contribution is 2.29. The average molecular weight is 691 g/mol. The molecule has 0 radical (unpaired) electrons. The van der Waals surface area contributed by atoms with E-state index in [9.17, 15) is 9.59 Å². The normalized spacial score (nSPS) is 17.5. The van der Waals surface area contributed by atoms with E-state index in [1.165, 1.54) is 0 Å². The molecule has 0 bridgehead atoms. The lowest BCUT2D eigenvalue weighted by Gasteiger charge is -2.39. The number of nitrogens with one attached hydrogen (secondary N) is 3. The Kier molecular flexibility index (Phi) is 18.2. The quantitative estimate of drug-likeness (QED) is 0.0490. The lowest BCUT2D eigenvalue weighted by molar-refractivity contribution is -0.793. The molecule has 2 aromatic rings. The molecule has 3 amide bonds. The summed E-state index contributed by atoms with van der Waals surface area (Å²) in [7, 11) is -3.95. The van der Waals surface area contributed by atoms with Gasteiger partial charge in [0.1, 0.15) is 0 Å². The molecule has 2 aromatic carbocycles. The van der Waals surface area contributed by atoms with Crippen LogP contribution in [0.5, 0.6) is 0 Å². The first-order valence-electron chi connectivity index (χ1n) is 16.5. The Morgan fingerprint density at radius 3 is 1.93 bits per heavy atom. The molecule has 1 saturated heterocycles. The molecular weight excluding hydrogens is 627 g/mol. The number of carbonyl (C=O) groups is 2. The van der Waals surface area contributed by atoms with Crippen LogP contribution in [0.3, 0.4) is 0 Å². The van der Waals surface area contributed by atoms with Gasteiger partial charge >= 0.3 is 14.6 Å². The lowest BCUT2D eigenvalue weighted by Crippen LogP contribution is -2.52. The number of rotatable bonds is 19. The predicted octanol–water partition coefficient (Wildman–Crippen LogP) is 6.91. The molecule has 1 heterocycles. The van der Waals surface area contributed by atoms with Gasteiger partial charge in [0.05, 0.1) is 13.6 Å². The Bertz CT molecular complexity index is 1100. The maximum absolute atomic E-state index is 13.0. The lowest BCUT2D eigenvalue weighted by atomic mass is 10.3. The van der Waals surface area contributed by atoms with Crippen LogP contribution in [0.15, 0.2) is 66.7 Å². The number of hydrogen-bond acceptors (Lipinski definition) is 5. The van der Waals surface area contributed by atoms with Crippen molar-refractivity contribution in [1.29, 1.82) is 0 Å². The molecule has 2 unspecified atom stereocenters. The first-order chi connectivity index (χ1) is 21.2. The molecule has 0 aromatic heterocycles. The molecule has 3 N–H and O–H groups in total. The van der Waals surface area contributed by atoms with Gasteiger partial charge < -0.3 is 29.1 Å². The van der Waals surface area contributed by atoms with Gasteiger partial charge in [-0.25, -0.2) is 4.79 Å². The van der Waals surface area contributed by atoms with E-state index in [0.717, 1.165) is 67.7 Å². The molecule has 1 aliphatic heterocycles. The van der Waals surface area contributed by atoms with Crippen molar-refractivity contribution in [3.8, 4) is 0 Å². The van der Waals surface area contributed by atoms with Crippen molar-refractivity contribution in [2.45, 2.75) is 84.7 Å². The van der Waals surface area contributed by atoms with Crippen LogP contribution in [0.2, 0.25) is 51.4 Å². The maximum Gasteiger partial charge on any atom is 0.321 e. The highest BCUT2D eigenvalue weighted by Gasteiger charge is 2.51. The first-order valence-corrected chi connectivity index (χ1v) is 25.5. The Balaban J connectivity index is 0.00000135. The van der Waals surface area contributed by atoms with Crippen LogP contribution in [0.4, 0.5) is 10.5 Å². The average Bonchev–Trinajstić information content (AvgIpc) is 3.61. The number of para-hydroxylation sites is 1. The van der Waals surface area contributed by atoms with Gasteiger partial charge in [-0.15, -0.1) is 0 Å². The Hall–Kier alpha value is -2.33. The van der Waals surface area contributed by atoms with Gasteiger partial charge in [0.25, 0.3) is 0 Å². The topological polar surface area (TPSA) is 91.9 Å². The Labute approximate surface area is 283 Å². The molecule has 12 heteroatoms. The molecule has 0 aliphatic carbocycles. The first kappa shape index (κ1) is 41.7. The molecule has 2 atom stereocenters. The van der Waals surface area contributed by atoms with E-state index in [-0.39, 0.29) is 19.6 Å². The summed E-state index contributed by atoms with van der Waals surface area (Å²) in [6.45, 7) is 20.7. The van der Waals surface area contributed by atoms with E-state index in [1.807, 2.05) is 71.6 Å². The van der Waals surface area contributed by atoms with Gasteiger partial charge in [-0.05, 0) is 82.9 Å². The zero-order chi connectivity index (χ0) is 33.4. The maximum atomic E-state index is 13.0. The van der Waals surface area contributed by atoms with Gasteiger partial charge in [0.2, 0.25) is 12.6 Å². The van der Waals surface area contributed by atoms with Crippen molar-refractivity contribution in [2.75, 3.05) is 51.6 Å². The molecular formula is C34H64N5O4Si3+. The summed E-state index contributed by atoms with van der Waals surface area (Å²) in [5, 5.41) is 9.27. The fourth-order valence-electron chi connectivity index (χ4n) is 5.74. The largest absolute Gasteiger partial charge is 0.437 e. The Morgan fingerprint density at radius 2 is 1.41 bits per heavy atom. The third-order valence-corrected chi connectivity index (χ3v) is 19.4. The van der Waals surface area contributed by atoms with Crippen LogP contribution in [-0.4, -0.2) is 99.5 Å². The molecule has 9 nitrogen and oxygen atoms in total. The van der Waals surface area contributed by atoms with E-state index >= 15 is 0 Å². The van der Waals surface area contributed by atoms with E-state index in [1.54, 1.807) is 0 Å². The standard InChI is InChI=1S/C27H53N5O4Si3.C6H6.CH4/c1-9-28-17-19-31(27(34)30-25-15-11-10-12-16-25)18-13-21-37(3,4)35-39(7,8)36-38(5,6)22-14-20-32(2)23-26(32)29-24-33;1-2-4-6-5-3-1;/h10-12,15-16,24,26,28H,9,13-14,17-23H2,1-8H3,(H-,29,30,33,34);1-6H;1H4/p+1. The minimum Gasteiger partial charge on any atom is -0.437 e. The molecule has 0 spiro atoms. The van der Waals surface area contributed by atoms with E-state index in [2.05, 4.69) is 69.2 Å². The highest BCUT2D eigenvalue weighted by molar-refractivity contribution is 6.87. The summed E-state index contributed by atoms with van der Waals surface area (Å²) in [4.78, 5) is 25.6. The summed E-state index contributed by atoms with van der Waals surface area (Å²) in [5.74, 6) is 0. The zero-order valence-corrected chi connectivity index (χ0v) is 32.1. The number of hydrogen-bond donors (Lipinski definition) is 3. The summed E-state index contributed by atoms with van der Waals surface area (Å²) in [5.41, 5.74) is 0.813. The van der Waals surface area contributed by atoms with Crippen LogP contribution in [0.25, 0.3) is 0 Å². The molecule has 46 heavy (non-hydrogen) atoms. The molecule has 0 saturated carbocycles. The highest BCUT2D eigenvalue weighted by atomic mass is 28.5. The zero-order valence-electron chi connectivity index (χ0n) is 29.1. The smallest absolute Gasteiger partial charge is 0.321 e. The molecule has 1 fully saturated rings. The molecule has 3 rings (SSSR count). The van der Waals surface area contributed by atoms with Crippen LogP contribution in [0.1, 0.15) is 27.2 Å². The van der Waals surface area contributed by atoms with Crippen molar-refractivity contribution in [2.24, 2.45) is 0 Å². The number of amides is 3.